The summed E-state index contributed by atoms with van der Waals surface area (Å²) in [7, 11) is 0. The Labute approximate surface area is 210 Å². The fourth-order valence-electron chi connectivity index (χ4n) is 5.08. The van der Waals surface area contributed by atoms with Gasteiger partial charge in [-0.1, -0.05) is 48.5 Å². The number of ketones is 1. The number of quaternary nitrogens is 1. The number of Topliss-reactive ketones (excluding diaryl/α,β-unsaturated/α-hetero) is 1. The molecule has 1 N–H and O–H groups in total. The summed E-state index contributed by atoms with van der Waals surface area (Å²) < 4.78 is 32.3. The molecule has 3 aromatic rings. The molecule has 0 aliphatic carbocycles. The molecular weight excluding hydrogens is 462 g/mol. The van der Waals surface area contributed by atoms with Crippen molar-refractivity contribution in [1.29, 1.82) is 0 Å². The summed E-state index contributed by atoms with van der Waals surface area (Å²) in [5.74, 6) is -0.463. The zero-order valence-electron chi connectivity index (χ0n) is 20.3. The number of nitrogens with one attached hydrogen (secondary N) is 1. The number of benzene rings is 3. The monoisotopic (exact) mass is 493 g/mol. The molecule has 3 fully saturated rings. The van der Waals surface area contributed by atoms with Crippen LogP contribution in [0.5, 0.6) is 0 Å². The zero-order valence-corrected chi connectivity index (χ0v) is 20.3. The standard InChI is InChI=1S/C17H22NO3.C12H9F2N/c1-13(19)21-17-12-18(9-7-15(17)8-10-18)11-16(20)14-5-3-2-4-6-14;13-9-6-7-11(14)12(8-9)15-10-4-2-1-3-5-10/h2-6,15,17H,7-12H2,1H3;1-8,15H/q+1;. The van der Waals surface area contributed by atoms with E-state index in [4.69, 9.17) is 4.74 Å². The molecule has 5 nitrogen and oxygen atoms in total. The number of halogens is 2. The van der Waals surface area contributed by atoms with Crippen LogP contribution in [0.3, 0.4) is 0 Å². The number of rotatable bonds is 6. The van der Waals surface area contributed by atoms with Gasteiger partial charge in [-0.15, -0.1) is 0 Å². The van der Waals surface area contributed by atoms with E-state index < -0.39 is 11.6 Å². The van der Waals surface area contributed by atoms with Crippen LogP contribution in [0.25, 0.3) is 0 Å². The Kier molecular flexibility index (Phi) is 8.10. The second kappa shape index (κ2) is 11.4. The number of esters is 1. The van der Waals surface area contributed by atoms with E-state index >= 15 is 0 Å². The van der Waals surface area contributed by atoms with E-state index in [0.717, 1.165) is 66.4 Å². The zero-order chi connectivity index (χ0) is 25.5. The Hall–Kier alpha value is -3.58. The predicted molar refractivity (Wildman–Crippen MR) is 135 cm³/mol. The summed E-state index contributed by atoms with van der Waals surface area (Å²) >= 11 is 0. The number of carbonyl (C=O) groups excluding carboxylic acids is 2. The van der Waals surface area contributed by atoms with Gasteiger partial charge in [-0.3, -0.25) is 9.59 Å². The lowest BCUT2D eigenvalue weighted by molar-refractivity contribution is -0.938. The van der Waals surface area contributed by atoms with Crippen molar-refractivity contribution in [3.8, 4) is 0 Å². The van der Waals surface area contributed by atoms with Crippen molar-refractivity contribution in [2.45, 2.75) is 25.9 Å². The molecule has 0 amide bonds. The van der Waals surface area contributed by atoms with Crippen LogP contribution in [-0.4, -0.2) is 48.5 Å². The number of anilines is 2. The van der Waals surface area contributed by atoms with Crippen LogP contribution >= 0.6 is 0 Å². The fourth-order valence-corrected chi connectivity index (χ4v) is 5.08. The first-order valence-electron chi connectivity index (χ1n) is 12.2. The first kappa shape index (κ1) is 25.5. The topological polar surface area (TPSA) is 55.4 Å². The highest BCUT2D eigenvalue weighted by Gasteiger charge is 2.48. The quantitative estimate of drug-likeness (QED) is 0.270. The van der Waals surface area contributed by atoms with Crippen LogP contribution in [0.2, 0.25) is 0 Å². The molecule has 3 aliphatic heterocycles. The smallest absolute Gasteiger partial charge is 0.303 e. The van der Waals surface area contributed by atoms with Crippen LogP contribution in [0.1, 0.15) is 30.1 Å². The summed E-state index contributed by atoms with van der Waals surface area (Å²) in [5.41, 5.74) is 1.64. The first-order chi connectivity index (χ1) is 17.3. The summed E-state index contributed by atoms with van der Waals surface area (Å²) in [6, 6.07) is 21.8. The molecule has 1 unspecified atom stereocenters. The van der Waals surface area contributed by atoms with Gasteiger partial charge in [0.1, 0.15) is 24.7 Å². The number of fused-ring (bicyclic) bond motifs is 3. The molecule has 3 saturated heterocycles. The van der Waals surface area contributed by atoms with E-state index in [-0.39, 0.29) is 23.5 Å². The Balaban J connectivity index is 0.000000179. The summed E-state index contributed by atoms with van der Waals surface area (Å²) in [4.78, 5) is 23.7. The molecule has 3 heterocycles. The third-order valence-electron chi connectivity index (χ3n) is 6.91. The Morgan fingerprint density at radius 3 is 2.22 bits per heavy atom. The molecule has 7 heteroatoms. The van der Waals surface area contributed by atoms with Gasteiger partial charge >= 0.3 is 5.97 Å². The molecule has 2 bridgehead atoms. The maximum Gasteiger partial charge on any atom is 0.303 e. The van der Waals surface area contributed by atoms with Crippen molar-refractivity contribution >= 4 is 23.1 Å². The number of ether oxygens (including phenoxy) is 1. The lowest BCUT2D eigenvalue weighted by atomic mass is 9.83. The maximum atomic E-state index is 13.2. The molecular formula is C29H31F2N2O3+. The minimum absolute atomic E-state index is 0.00595. The van der Waals surface area contributed by atoms with Crippen molar-refractivity contribution in [2.75, 3.05) is 31.5 Å². The number of piperidine rings is 3. The van der Waals surface area contributed by atoms with Crippen LogP contribution in [0.4, 0.5) is 20.2 Å². The SMILES string of the molecule is CC(=O)OC1C[N+]2(CC(=O)c3ccccc3)CCC1CC2.Fc1ccc(F)c(Nc2ccccc2)c1. The highest BCUT2D eigenvalue weighted by Crippen LogP contribution is 2.35. The van der Waals surface area contributed by atoms with E-state index in [1.54, 1.807) is 12.1 Å². The average Bonchev–Trinajstić information content (AvgIpc) is 2.88. The Morgan fingerprint density at radius 2 is 1.58 bits per heavy atom. The third-order valence-corrected chi connectivity index (χ3v) is 6.91. The van der Waals surface area contributed by atoms with Gasteiger partial charge in [0.2, 0.25) is 5.78 Å². The van der Waals surface area contributed by atoms with Crippen molar-refractivity contribution in [1.82, 2.24) is 0 Å². The van der Waals surface area contributed by atoms with Gasteiger partial charge in [0.15, 0.2) is 6.10 Å². The average molecular weight is 494 g/mol. The van der Waals surface area contributed by atoms with E-state index in [2.05, 4.69) is 5.32 Å². The van der Waals surface area contributed by atoms with Gasteiger partial charge in [0.05, 0.1) is 18.8 Å². The van der Waals surface area contributed by atoms with Gasteiger partial charge < -0.3 is 14.5 Å². The van der Waals surface area contributed by atoms with Gasteiger partial charge in [0.25, 0.3) is 0 Å². The second-order valence-corrected chi connectivity index (χ2v) is 9.52. The van der Waals surface area contributed by atoms with Gasteiger partial charge in [-0.25, -0.2) is 8.78 Å². The lowest BCUT2D eigenvalue weighted by Crippen LogP contribution is -2.65. The van der Waals surface area contributed by atoms with Crippen LogP contribution in [0.15, 0.2) is 78.9 Å². The van der Waals surface area contributed by atoms with Gasteiger partial charge in [-0.2, -0.15) is 0 Å². The molecule has 188 valence electrons. The molecule has 0 aromatic heterocycles. The number of nitrogens with zero attached hydrogens (tertiary/aromatic N) is 1. The van der Waals surface area contributed by atoms with Crippen LogP contribution in [-0.2, 0) is 9.53 Å². The molecule has 0 radical (unpaired) electrons. The molecule has 1 atom stereocenters. The highest BCUT2D eigenvalue weighted by atomic mass is 19.1. The first-order valence-corrected chi connectivity index (χ1v) is 12.2. The Morgan fingerprint density at radius 1 is 0.944 bits per heavy atom. The molecule has 36 heavy (non-hydrogen) atoms. The maximum absolute atomic E-state index is 13.2. The minimum Gasteiger partial charge on any atom is -0.456 e. The van der Waals surface area contributed by atoms with Gasteiger partial charge in [-0.05, 0) is 24.3 Å². The van der Waals surface area contributed by atoms with E-state index in [9.17, 15) is 18.4 Å². The molecule has 6 rings (SSSR count). The molecule has 3 aromatic carbocycles. The molecule has 3 aliphatic rings. The predicted octanol–water partition coefficient (Wildman–Crippen LogP) is 5.75. The number of hydrogen-bond acceptors (Lipinski definition) is 4. The van der Waals surface area contributed by atoms with E-state index in [1.165, 1.54) is 6.92 Å². The lowest BCUT2D eigenvalue weighted by Gasteiger charge is -2.51. The van der Waals surface area contributed by atoms with E-state index in [0.29, 0.717) is 12.5 Å². The normalized spacial score (nSPS) is 22.2. The van der Waals surface area contributed by atoms with Crippen LogP contribution < -0.4 is 5.32 Å². The van der Waals surface area contributed by atoms with Crippen molar-refractivity contribution in [2.24, 2.45) is 5.92 Å². The highest BCUT2D eigenvalue weighted by molar-refractivity contribution is 5.96. The van der Waals surface area contributed by atoms with Crippen molar-refractivity contribution in [3.05, 3.63) is 96.1 Å². The number of hydrogen-bond donors (Lipinski definition) is 1. The summed E-state index contributed by atoms with van der Waals surface area (Å²) in [6.45, 7) is 4.84. The number of para-hydroxylation sites is 1. The summed E-state index contributed by atoms with van der Waals surface area (Å²) in [5, 5.41) is 2.80. The van der Waals surface area contributed by atoms with Crippen molar-refractivity contribution < 1.29 is 27.6 Å². The number of carbonyl (C=O) groups is 2. The minimum atomic E-state index is -0.472. The second-order valence-electron chi connectivity index (χ2n) is 9.52. The molecule has 0 spiro atoms. The van der Waals surface area contributed by atoms with E-state index in [1.807, 2.05) is 48.5 Å². The largest absolute Gasteiger partial charge is 0.456 e. The van der Waals surface area contributed by atoms with Crippen molar-refractivity contribution in [3.63, 3.8) is 0 Å². The molecule has 0 saturated carbocycles. The van der Waals surface area contributed by atoms with Gasteiger partial charge in [0, 0.05) is 43.0 Å². The third kappa shape index (κ3) is 6.55. The summed E-state index contributed by atoms with van der Waals surface area (Å²) in [6.07, 6.45) is 2.11. The Bertz CT molecular complexity index is 1180. The fraction of sp³-hybridized carbons (Fsp3) is 0.310. The van der Waals surface area contributed by atoms with Crippen LogP contribution in [0, 0.1) is 17.6 Å².